The first-order valence-corrected chi connectivity index (χ1v) is 14.8. The summed E-state index contributed by atoms with van der Waals surface area (Å²) in [6.07, 6.45) is 6.77. The van der Waals surface area contributed by atoms with E-state index in [1.54, 1.807) is 18.2 Å². The van der Waals surface area contributed by atoms with E-state index >= 15 is 0 Å². The minimum absolute atomic E-state index is 0.0150. The van der Waals surface area contributed by atoms with E-state index in [0.29, 0.717) is 31.8 Å². The molecule has 8 nitrogen and oxygen atoms in total. The lowest BCUT2D eigenvalue weighted by atomic mass is 9.46. The molecule has 214 valence electrons. The van der Waals surface area contributed by atoms with E-state index in [9.17, 15) is 24.9 Å². The number of nitrogens with zero attached hydrogens (tertiary/aromatic N) is 1. The average molecular weight is 542 g/mol. The lowest BCUT2D eigenvalue weighted by Gasteiger charge is -2.60. The number of allylic oxidation sites excluding steroid dienone is 1. The van der Waals surface area contributed by atoms with Crippen molar-refractivity contribution in [1.29, 1.82) is 0 Å². The molecule has 1 aromatic rings. The van der Waals surface area contributed by atoms with Crippen molar-refractivity contribution < 1.29 is 34.1 Å². The number of hydrogen-bond donors (Lipinski definition) is 3. The highest BCUT2D eigenvalue weighted by atomic mass is 16.5. The maximum Gasteiger partial charge on any atom is 0.289 e. The fraction of sp³-hybridized carbons (Fsp3) is 0.742. The van der Waals surface area contributed by atoms with Gasteiger partial charge in [0.05, 0.1) is 30.2 Å². The number of carbonyl (C=O) groups is 2. The maximum absolute atomic E-state index is 13.7. The first-order valence-electron chi connectivity index (χ1n) is 14.8. The molecule has 0 spiro atoms. The molecule has 1 aromatic heterocycles. The molecular weight excluding hydrogens is 498 g/mol. The highest BCUT2D eigenvalue weighted by Gasteiger charge is 2.67. The van der Waals surface area contributed by atoms with E-state index in [2.05, 4.69) is 20.8 Å². The van der Waals surface area contributed by atoms with Crippen molar-refractivity contribution in [2.24, 2.45) is 28.6 Å². The first-order chi connectivity index (χ1) is 18.5. The van der Waals surface area contributed by atoms with Crippen LogP contribution in [-0.4, -0.2) is 75.0 Å². The van der Waals surface area contributed by atoms with Crippen LogP contribution in [-0.2, 0) is 9.53 Å². The molecule has 2 heterocycles. The van der Waals surface area contributed by atoms with Crippen molar-refractivity contribution in [2.75, 3.05) is 13.2 Å². The van der Waals surface area contributed by atoms with Gasteiger partial charge in [-0.05, 0) is 99.3 Å². The van der Waals surface area contributed by atoms with Gasteiger partial charge in [0.1, 0.15) is 0 Å². The van der Waals surface area contributed by atoms with Gasteiger partial charge < -0.3 is 29.4 Å². The number of rotatable bonds is 5. The summed E-state index contributed by atoms with van der Waals surface area (Å²) in [4.78, 5) is 29.0. The molecule has 39 heavy (non-hydrogen) atoms. The molecule has 0 bridgehead atoms. The van der Waals surface area contributed by atoms with Gasteiger partial charge in [0.15, 0.2) is 11.5 Å². The van der Waals surface area contributed by atoms with Gasteiger partial charge in [0.25, 0.3) is 5.91 Å². The van der Waals surface area contributed by atoms with Gasteiger partial charge >= 0.3 is 0 Å². The molecule has 0 radical (unpaired) electrons. The average Bonchev–Trinajstić information content (AvgIpc) is 3.65. The standard InChI is InChI=1S/C31H43NO7/c1-18(32(17-19-6-4-12-38-19)28(36)27-7-5-13-39-27)20-9-11-31(37)22-14-24(33)23-15-25(34)26(35)16-29(23,2)21(22)8-10-30(20,31)3/h5,7,13-14,18-21,23,25-26,34-35,37H,4,6,8-12,15-17H2,1-3H3/t18?,19?,20-,21?,23+,25-,26+,29-,30-,31-/m1/s1. The van der Waals surface area contributed by atoms with Crippen LogP contribution in [0, 0.1) is 28.6 Å². The minimum Gasteiger partial charge on any atom is -0.459 e. The van der Waals surface area contributed by atoms with Crippen molar-refractivity contribution in [1.82, 2.24) is 4.90 Å². The van der Waals surface area contributed by atoms with Crippen molar-refractivity contribution >= 4 is 11.7 Å². The molecule has 3 unspecified atom stereocenters. The number of aliphatic hydroxyl groups is 3. The van der Waals surface area contributed by atoms with E-state index < -0.39 is 28.6 Å². The first kappa shape index (κ1) is 27.2. The zero-order valence-corrected chi connectivity index (χ0v) is 23.3. The molecule has 1 amide bonds. The normalized spacial score (nSPS) is 44.3. The molecule has 3 saturated carbocycles. The quantitative estimate of drug-likeness (QED) is 0.522. The van der Waals surface area contributed by atoms with Gasteiger partial charge in [0, 0.05) is 30.5 Å². The molecule has 3 N–H and O–H groups in total. The summed E-state index contributed by atoms with van der Waals surface area (Å²) in [6.45, 7) is 7.47. The highest BCUT2D eigenvalue weighted by molar-refractivity contribution is 5.95. The van der Waals surface area contributed by atoms with Gasteiger partial charge in [-0.2, -0.15) is 0 Å². The predicted molar refractivity (Wildman–Crippen MR) is 143 cm³/mol. The van der Waals surface area contributed by atoms with Crippen LogP contribution in [0.4, 0.5) is 0 Å². The Bertz CT molecular complexity index is 1140. The third kappa shape index (κ3) is 4.00. The summed E-state index contributed by atoms with van der Waals surface area (Å²) in [5.74, 6) is -0.253. The number of fused-ring (bicyclic) bond motifs is 5. The summed E-state index contributed by atoms with van der Waals surface area (Å²) in [5, 5.41) is 33.4. The zero-order valence-electron chi connectivity index (χ0n) is 23.3. The second-order valence-corrected chi connectivity index (χ2v) is 13.5. The monoisotopic (exact) mass is 541 g/mol. The number of ether oxygens (including phenoxy) is 1. The molecule has 5 aliphatic rings. The molecule has 4 fully saturated rings. The third-order valence-electron chi connectivity index (χ3n) is 11.7. The summed E-state index contributed by atoms with van der Waals surface area (Å²) >= 11 is 0. The van der Waals surface area contributed by atoms with Crippen molar-refractivity contribution in [3.8, 4) is 0 Å². The van der Waals surface area contributed by atoms with Gasteiger partial charge in [-0.25, -0.2) is 0 Å². The minimum atomic E-state index is -1.16. The SMILES string of the molecule is CC([C@H]1CC[C@@]2(O)C3=CC(=O)[C@@H]4C[C@@H](O)[C@@H](O)C[C@]4(C)C3CC[C@]12C)N(CC1CCCO1)C(=O)c1ccco1. The second kappa shape index (κ2) is 9.54. The number of hydrogen-bond acceptors (Lipinski definition) is 7. The van der Waals surface area contributed by atoms with Crippen LogP contribution in [0.25, 0.3) is 0 Å². The maximum atomic E-state index is 13.7. The molecule has 4 aliphatic carbocycles. The smallest absolute Gasteiger partial charge is 0.289 e. The van der Waals surface area contributed by atoms with E-state index in [-0.39, 0.29) is 48.0 Å². The fourth-order valence-corrected chi connectivity index (χ4v) is 9.39. The summed E-state index contributed by atoms with van der Waals surface area (Å²) < 4.78 is 11.4. The van der Waals surface area contributed by atoms with Crippen molar-refractivity contribution in [3.05, 3.63) is 35.8 Å². The molecule has 8 heteroatoms. The van der Waals surface area contributed by atoms with Crippen molar-refractivity contribution in [2.45, 2.75) is 102 Å². The number of amides is 1. The van der Waals surface area contributed by atoms with Gasteiger partial charge in [-0.1, -0.05) is 13.8 Å². The second-order valence-electron chi connectivity index (χ2n) is 13.5. The Morgan fingerprint density at radius 2 is 1.95 bits per heavy atom. The highest BCUT2D eigenvalue weighted by Crippen LogP contribution is 2.67. The Morgan fingerprint density at radius 1 is 1.15 bits per heavy atom. The molecule has 0 aromatic carbocycles. The molecule has 1 saturated heterocycles. The number of ketones is 1. The van der Waals surface area contributed by atoms with Crippen LogP contribution < -0.4 is 0 Å². The number of furan rings is 1. The van der Waals surface area contributed by atoms with Crippen LogP contribution in [0.15, 0.2) is 34.5 Å². The Balaban J connectivity index is 1.32. The molecule has 1 aliphatic heterocycles. The Labute approximate surface area is 230 Å². The van der Waals surface area contributed by atoms with Crippen molar-refractivity contribution in [3.63, 3.8) is 0 Å². The molecule has 10 atom stereocenters. The van der Waals surface area contributed by atoms with Gasteiger partial charge in [-0.3, -0.25) is 9.59 Å². The third-order valence-corrected chi connectivity index (χ3v) is 11.7. The number of aliphatic hydroxyl groups excluding tert-OH is 2. The topological polar surface area (TPSA) is 120 Å². The van der Waals surface area contributed by atoms with Crippen LogP contribution in [0.2, 0.25) is 0 Å². The van der Waals surface area contributed by atoms with Gasteiger partial charge in [0.2, 0.25) is 0 Å². The zero-order chi connectivity index (χ0) is 27.7. The van der Waals surface area contributed by atoms with E-state index in [0.717, 1.165) is 37.7 Å². The predicted octanol–water partition coefficient (Wildman–Crippen LogP) is 3.49. The van der Waals surface area contributed by atoms with Crippen LogP contribution >= 0.6 is 0 Å². The summed E-state index contributed by atoms with van der Waals surface area (Å²) in [6, 6.07) is 3.25. The molecule has 6 rings (SSSR count). The Morgan fingerprint density at radius 3 is 2.64 bits per heavy atom. The van der Waals surface area contributed by atoms with E-state index in [4.69, 9.17) is 9.15 Å². The van der Waals surface area contributed by atoms with Crippen LogP contribution in [0.3, 0.4) is 0 Å². The largest absolute Gasteiger partial charge is 0.459 e. The Kier molecular flexibility index (Phi) is 6.65. The lowest BCUT2D eigenvalue weighted by Crippen LogP contribution is -2.61. The fourth-order valence-electron chi connectivity index (χ4n) is 9.39. The van der Waals surface area contributed by atoms with E-state index in [1.165, 1.54) is 6.26 Å². The lowest BCUT2D eigenvalue weighted by molar-refractivity contribution is -0.153. The Hall–Kier alpha value is -2.00. The van der Waals surface area contributed by atoms with Crippen LogP contribution in [0.5, 0.6) is 0 Å². The summed E-state index contributed by atoms with van der Waals surface area (Å²) in [5.41, 5.74) is -1.38. The molecular formula is C31H43NO7. The summed E-state index contributed by atoms with van der Waals surface area (Å²) in [7, 11) is 0. The van der Waals surface area contributed by atoms with Crippen LogP contribution in [0.1, 0.15) is 82.7 Å². The number of carbonyl (C=O) groups excluding carboxylic acids is 2. The van der Waals surface area contributed by atoms with E-state index in [1.807, 2.05) is 4.90 Å². The van der Waals surface area contributed by atoms with Gasteiger partial charge in [-0.15, -0.1) is 0 Å².